The SMILES string of the molecule is O=C(O)C(F)(F)CC(F)(F)CC(F)(F)CC(F)(F)CC(F)(F)CC(F)(F)CC(F)F. The normalized spacial score (nSPS) is 15.0. The first-order valence-electron chi connectivity index (χ1n) is 7.68. The number of alkyl halides is 14. The van der Waals surface area contributed by atoms with Gasteiger partial charge in [0.2, 0.25) is 6.43 Å². The fourth-order valence-corrected chi connectivity index (χ4v) is 2.46. The molecule has 0 aliphatic carbocycles. The number of carboxylic acids is 1. The Labute approximate surface area is 159 Å². The van der Waals surface area contributed by atoms with E-state index in [1.807, 2.05) is 0 Å². The minimum atomic E-state index is -5.30. The molecule has 180 valence electrons. The van der Waals surface area contributed by atoms with E-state index in [2.05, 4.69) is 0 Å². The first-order chi connectivity index (χ1) is 12.9. The molecule has 0 amide bonds. The number of halogens is 14. The van der Waals surface area contributed by atoms with Crippen LogP contribution in [0.15, 0.2) is 0 Å². The van der Waals surface area contributed by atoms with E-state index in [-0.39, 0.29) is 0 Å². The van der Waals surface area contributed by atoms with Crippen molar-refractivity contribution in [3.63, 3.8) is 0 Å². The first kappa shape index (κ1) is 28.5. The molecule has 0 saturated carbocycles. The Morgan fingerprint density at radius 3 is 1.10 bits per heavy atom. The molecule has 30 heavy (non-hydrogen) atoms. The number of rotatable bonds is 13. The largest absolute Gasteiger partial charge is 0.477 e. The monoisotopic (exact) mass is 480 g/mol. The van der Waals surface area contributed by atoms with Crippen molar-refractivity contribution in [1.29, 1.82) is 0 Å². The van der Waals surface area contributed by atoms with Gasteiger partial charge in [0.1, 0.15) is 0 Å². The molecule has 0 aliphatic heterocycles. The van der Waals surface area contributed by atoms with E-state index in [0.717, 1.165) is 0 Å². The standard InChI is InChI=1S/C14H14F14O2/c15-7(16)1-9(17,18)2-10(19,20)3-11(21,22)4-12(23,24)5-13(25,26)6-14(27,28)8(29)30/h7H,1-6H2,(H,29,30). The summed E-state index contributed by atoms with van der Waals surface area (Å²) in [6, 6.07) is 0. The summed E-state index contributed by atoms with van der Waals surface area (Å²) >= 11 is 0. The number of carbonyl (C=O) groups is 1. The maximum Gasteiger partial charge on any atom is 0.374 e. The van der Waals surface area contributed by atoms with Crippen LogP contribution in [-0.2, 0) is 4.79 Å². The zero-order chi connectivity index (χ0) is 24.4. The van der Waals surface area contributed by atoms with Crippen molar-refractivity contribution in [2.75, 3.05) is 0 Å². The molecule has 16 heteroatoms. The van der Waals surface area contributed by atoms with Crippen LogP contribution in [0.2, 0.25) is 0 Å². The number of carboxylic acid groups (broad SMARTS) is 1. The molecule has 0 saturated heterocycles. The van der Waals surface area contributed by atoms with Crippen LogP contribution in [0.3, 0.4) is 0 Å². The van der Waals surface area contributed by atoms with Gasteiger partial charge in [0.15, 0.2) is 0 Å². The fraction of sp³-hybridized carbons (Fsp3) is 0.929. The second-order valence-corrected chi connectivity index (χ2v) is 6.77. The Morgan fingerprint density at radius 2 is 0.833 bits per heavy atom. The van der Waals surface area contributed by atoms with Crippen LogP contribution in [0.25, 0.3) is 0 Å². The molecule has 0 heterocycles. The summed E-state index contributed by atoms with van der Waals surface area (Å²) in [6.45, 7) is 0. The number of hydrogen-bond donors (Lipinski definition) is 1. The average molecular weight is 480 g/mol. The highest BCUT2D eigenvalue weighted by atomic mass is 19.3. The highest BCUT2D eigenvalue weighted by Crippen LogP contribution is 2.47. The van der Waals surface area contributed by atoms with E-state index in [9.17, 15) is 66.3 Å². The maximum absolute atomic E-state index is 13.5. The van der Waals surface area contributed by atoms with Gasteiger partial charge < -0.3 is 5.11 Å². The van der Waals surface area contributed by atoms with Gasteiger partial charge in [-0.1, -0.05) is 0 Å². The van der Waals surface area contributed by atoms with Crippen LogP contribution in [0.4, 0.5) is 61.5 Å². The van der Waals surface area contributed by atoms with E-state index in [0.29, 0.717) is 0 Å². The quantitative estimate of drug-likeness (QED) is 0.306. The fourth-order valence-electron chi connectivity index (χ4n) is 2.46. The van der Waals surface area contributed by atoms with Gasteiger partial charge in [0, 0.05) is 0 Å². The van der Waals surface area contributed by atoms with Crippen LogP contribution < -0.4 is 0 Å². The maximum atomic E-state index is 13.5. The summed E-state index contributed by atoms with van der Waals surface area (Å²) in [6.07, 6.45) is -21.3. The minimum Gasteiger partial charge on any atom is -0.477 e. The molecule has 2 nitrogen and oxygen atoms in total. The zero-order valence-corrected chi connectivity index (χ0v) is 14.5. The van der Waals surface area contributed by atoms with Crippen LogP contribution in [0.1, 0.15) is 38.5 Å². The molecule has 0 radical (unpaired) electrons. The third kappa shape index (κ3) is 11.0. The van der Waals surface area contributed by atoms with Crippen LogP contribution >= 0.6 is 0 Å². The van der Waals surface area contributed by atoms with E-state index in [1.165, 1.54) is 0 Å². The predicted molar refractivity (Wildman–Crippen MR) is 71.0 cm³/mol. The van der Waals surface area contributed by atoms with E-state index in [1.54, 1.807) is 0 Å². The number of hydrogen-bond acceptors (Lipinski definition) is 1. The van der Waals surface area contributed by atoms with Crippen molar-refractivity contribution >= 4 is 5.97 Å². The van der Waals surface area contributed by atoms with Gasteiger partial charge in [0.25, 0.3) is 29.6 Å². The van der Waals surface area contributed by atoms with Crippen molar-refractivity contribution in [3.05, 3.63) is 0 Å². The van der Waals surface area contributed by atoms with Gasteiger partial charge >= 0.3 is 11.9 Å². The Kier molecular flexibility index (Phi) is 8.48. The smallest absolute Gasteiger partial charge is 0.374 e. The summed E-state index contributed by atoms with van der Waals surface area (Å²) in [5.74, 6) is -34.2. The van der Waals surface area contributed by atoms with Crippen molar-refractivity contribution in [3.8, 4) is 0 Å². The first-order valence-corrected chi connectivity index (χ1v) is 7.68. The molecule has 0 aromatic rings. The highest BCUT2D eigenvalue weighted by Gasteiger charge is 2.57. The molecule has 0 aliphatic rings. The highest BCUT2D eigenvalue weighted by molar-refractivity contribution is 5.75. The van der Waals surface area contributed by atoms with Crippen molar-refractivity contribution in [2.24, 2.45) is 0 Å². The second kappa shape index (κ2) is 8.93. The lowest BCUT2D eigenvalue weighted by atomic mass is 9.94. The molecule has 0 fully saturated rings. The van der Waals surface area contributed by atoms with E-state index in [4.69, 9.17) is 5.11 Å². The van der Waals surface area contributed by atoms with Gasteiger partial charge in [0.05, 0.1) is 38.5 Å². The summed E-state index contributed by atoms with van der Waals surface area (Å²) in [5.41, 5.74) is 0. The van der Waals surface area contributed by atoms with Crippen molar-refractivity contribution in [1.82, 2.24) is 0 Å². The molecule has 0 atom stereocenters. The lowest BCUT2D eigenvalue weighted by molar-refractivity contribution is -0.207. The van der Waals surface area contributed by atoms with E-state index >= 15 is 0 Å². The van der Waals surface area contributed by atoms with Crippen molar-refractivity contribution < 1.29 is 71.4 Å². The number of aliphatic carboxylic acids is 1. The molecule has 1 N–H and O–H groups in total. The van der Waals surface area contributed by atoms with E-state index < -0.39 is 86.5 Å². The lowest BCUT2D eigenvalue weighted by Crippen LogP contribution is -2.42. The molecule has 0 unspecified atom stereocenters. The molecule has 0 rings (SSSR count). The van der Waals surface area contributed by atoms with Crippen molar-refractivity contribution in [2.45, 2.75) is 80.5 Å². The average Bonchev–Trinajstić information content (AvgIpc) is 2.26. The molecular weight excluding hydrogens is 466 g/mol. The summed E-state index contributed by atoms with van der Waals surface area (Å²) in [4.78, 5) is 10.0. The topological polar surface area (TPSA) is 37.3 Å². The van der Waals surface area contributed by atoms with Crippen LogP contribution in [-0.4, -0.2) is 53.0 Å². The Morgan fingerprint density at radius 1 is 0.567 bits per heavy atom. The lowest BCUT2D eigenvalue weighted by Gasteiger charge is -2.30. The molecule has 0 aromatic carbocycles. The zero-order valence-electron chi connectivity index (χ0n) is 14.5. The van der Waals surface area contributed by atoms with Gasteiger partial charge in [-0.05, 0) is 0 Å². The molecule has 0 bridgehead atoms. The van der Waals surface area contributed by atoms with Crippen LogP contribution in [0, 0.1) is 0 Å². The minimum absolute atomic E-state index is 2.44. The third-order valence-electron chi connectivity index (χ3n) is 3.32. The van der Waals surface area contributed by atoms with Gasteiger partial charge in [-0.3, -0.25) is 0 Å². The summed E-state index contributed by atoms with van der Waals surface area (Å²) < 4.78 is 182. The summed E-state index contributed by atoms with van der Waals surface area (Å²) in [5, 5.41) is 7.98. The summed E-state index contributed by atoms with van der Waals surface area (Å²) in [7, 11) is 0. The Bertz CT molecular complexity index is 587. The van der Waals surface area contributed by atoms with Gasteiger partial charge in [-0.25, -0.2) is 57.5 Å². The van der Waals surface area contributed by atoms with Gasteiger partial charge in [-0.15, -0.1) is 0 Å². The third-order valence-corrected chi connectivity index (χ3v) is 3.32. The van der Waals surface area contributed by atoms with Gasteiger partial charge in [-0.2, -0.15) is 8.78 Å². The second-order valence-electron chi connectivity index (χ2n) is 6.77. The Balaban J connectivity index is 5.20. The molecule has 0 spiro atoms. The molecule has 0 aromatic heterocycles. The predicted octanol–water partition coefficient (Wildman–Crippen LogP) is 6.49. The molecular formula is C14H14F14O2. The van der Waals surface area contributed by atoms with Crippen LogP contribution in [0.5, 0.6) is 0 Å². The Hall–Kier alpha value is -1.51.